The first-order chi connectivity index (χ1) is 9.69. The van der Waals surface area contributed by atoms with E-state index in [2.05, 4.69) is 5.43 Å². The number of rotatable bonds is 3. The molecule has 0 fully saturated rings. The van der Waals surface area contributed by atoms with E-state index in [1.54, 1.807) is 30.3 Å². The quantitative estimate of drug-likeness (QED) is 0.570. The summed E-state index contributed by atoms with van der Waals surface area (Å²) >= 11 is 5.98. The van der Waals surface area contributed by atoms with Gasteiger partial charge in [0, 0.05) is 10.4 Å². The highest BCUT2D eigenvalue weighted by Gasteiger charge is 2.18. The van der Waals surface area contributed by atoms with Crippen LogP contribution in [0.3, 0.4) is 0 Å². The van der Waals surface area contributed by atoms with Crippen molar-refractivity contribution in [3.05, 3.63) is 70.7 Å². The van der Waals surface area contributed by atoms with Crippen molar-refractivity contribution in [3.8, 4) is 0 Å². The Balaban J connectivity index is 2.09. The van der Waals surface area contributed by atoms with Crippen LogP contribution < -0.4 is 11.3 Å². The maximum Gasteiger partial charge on any atom is 0.169 e. The number of nitrogens with one attached hydrogen (secondary N) is 1. The van der Waals surface area contributed by atoms with Gasteiger partial charge in [0.25, 0.3) is 0 Å². The number of benzene rings is 2. The molecule has 20 heavy (non-hydrogen) atoms. The number of para-hydroxylation sites is 1. The summed E-state index contributed by atoms with van der Waals surface area (Å²) in [5, 5.41) is 1.30. The summed E-state index contributed by atoms with van der Waals surface area (Å²) in [5.74, 6) is 5.74. The van der Waals surface area contributed by atoms with Crippen LogP contribution in [-0.2, 0) is 0 Å². The van der Waals surface area contributed by atoms with Crippen LogP contribution in [0.5, 0.6) is 0 Å². The second-order valence-corrected chi connectivity index (χ2v) is 4.90. The van der Waals surface area contributed by atoms with Crippen molar-refractivity contribution < 1.29 is 8.81 Å². The Morgan fingerprint density at radius 2 is 1.95 bits per heavy atom. The summed E-state index contributed by atoms with van der Waals surface area (Å²) in [7, 11) is 0. The molecule has 1 aromatic heterocycles. The van der Waals surface area contributed by atoms with Gasteiger partial charge in [0.15, 0.2) is 11.4 Å². The molecule has 1 unspecified atom stereocenters. The van der Waals surface area contributed by atoms with E-state index in [1.807, 2.05) is 12.1 Å². The molecule has 102 valence electrons. The Kier molecular flexibility index (Phi) is 3.44. The molecular formula is C15H12ClFN2O. The molecule has 0 saturated carbocycles. The fraction of sp³-hybridized carbons (Fsp3) is 0.0667. The maximum atomic E-state index is 13.7. The molecule has 3 aromatic rings. The molecule has 0 aliphatic heterocycles. The first-order valence-electron chi connectivity index (χ1n) is 6.08. The number of hydrogen-bond acceptors (Lipinski definition) is 3. The Hall–Kier alpha value is -1.88. The molecule has 1 heterocycles. The van der Waals surface area contributed by atoms with Crippen LogP contribution in [0.1, 0.15) is 17.4 Å². The predicted octanol–water partition coefficient (Wildman–Crippen LogP) is 3.78. The lowest BCUT2D eigenvalue weighted by Crippen LogP contribution is -2.28. The zero-order chi connectivity index (χ0) is 14.1. The Morgan fingerprint density at radius 1 is 1.15 bits per heavy atom. The fourth-order valence-corrected chi connectivity index (χ4v) is 2.42. The lowest BCUT2D eigenvalue weighted by atomic mass is 10.1. The number of hydrogen-bond donors (Lipinski definition) is 2. The average Bonchev–Trinajstić information content (AvgIpc) is 2.85. The van der Waals surface area contributed by atoms with E-state index in [-0.39, 0.29) is 11.6 Å². The highest BCUT2D eigenvalue weighted by atomic mass is 35.5. The highest BCUT2D eigenvalue weighted by molar-refractivity contribution is 6.30. The molecule has 0 bridgehead atoms. The predicted molar refractivity (Wildman–Crippen MR) is 76.8 cm³/mol. The number of nitrogens with two attached hydrogens (primary N) is 1. The van der Waals surface area contributed by atoms with Crippen LogP contribution in [0.4, 0.5) is 4.39 Å². The second-order valence-electron chi connectivity index (χ2n) is 4.46. The van der Waals surface area contributed by atoms with Gasteiger partial charge in [-0.2, -0.15) is 0 Å². The summed E-state index contributed by atoms with van der Waals surface area (Å²) in [6.07, 6.45) is 0. The second kappa shape index (κ2) is 5.25. The van der Waals surface area contributed by atoms with Gasteiger partial charge >= 0.3 is 0 Å². The molecule has 0 spiro atoms. The van der Waals surface area contributed by atoms with Gasteiger partial charge in [-0.25, -0.2) is 9.82 Å². The molecule has 0 amide bonds. The van der Waals surface area contributed by atoms with Crippen LogP contribution in [-0.4, -0.2) is 0 Å². The van der Waals surface area contributed by atoms with E-state index in [4.69, 9.17) is 21.9 Å². The SMILES string of the molecule is NNC(c1cccc(Cl)c1)c1cc2cccc(F)c2o1. The molecule has 3 rings (SSSR count). The molecule has 5 heteroatoms. The first kappa shape index (κ1) is 13.1. The third-order valence-electron chi connectivity index (χ3n) is 3.15. The van der Waals surface area contributed by atoms with E-state index in [9.17, 15) is 4.39 Å². The van der Waals surface area contributed by atoms with Crippen molar-refractivity contribution in [3.63, 3.8) is 0 Å². The Morgan fingerprint density at radius 3 is 2.65 bits per heavy atom. The summed E-state index contributed by atoms with van der Waals surface area (Å²) in [6, 6.07) is 13.4. The summed E-state index contributed by atoms with van der Waals surface area (Å²) in [5.41, 5.74) is 3.74. The van der Waals surface area contributed by atoms with E-state index in [0.717, 1.165) is 5.56 Å². The van der Waals surface area contributed by atoms with Crippen molar-refractivity contribution in [2.24, 2.45) is 5.84 Å². The number of hydrazine groups is 1. The van der Waals surface area contributed by atoms with Gasteiger partial charge in [0.2, 0.25) is 0 Å². The normalized spacial score (nSPS) is 12.8. The van der Waals surface area contributed by atoms with Gasteiger partial charge in [-0.15, -0.1) is 0 Å². The van der Waals surface area contributed by atoms with Crippen LogP contribution in [0.2, 0.25) is 5.02 Å². The van der Waals surface area contributed by atoms with Crippen molar-refractivity contribution in [2.75, 3.05) is 0 Å². The van der Waals surface area contributed by atoms with Crippen molar-refractivity contribution >= 4 is 22.6 Å². The van der Waals surface area contributed by atoms with Gasteiger partial charge in [-0.1, -0.05) is 35.9 Å². The third-order valence-corrected chi connectivity index (χ3v) is 3.38. The van der Waals surface area contributed by atoms with Crippen molar-refractivity contribution in [1.82, 2.24) is 5.43 Å². The van der Waals surface area contributed by atoms with Gasteiger partial charge in [0.1, 0.15) is 11.8 Å². The minimum Gasteiger partial charge on any atom is -0.456 e. The molecule has 3 N–H and O–H groups in total. The monoisotopic (exact) mass is 290 g/mol. The molecule has 0 aliphatic carbocycles. The molecule has 2 aromatic carbocycles. The van der Waals surface area contributed by atoms with E-state index in [1.165, 1.54) is 6.07 Å². The molecule has 3 nitrogen and oxygen atoms in total. The largest absolute Gasteiger partial charge is 0.456 e. The molecule has 1 atom stereocenters. The molecule has 0 saturated heterocycles. The smallest absolute Gasteiger partial charge is 0.169 e. The van der Waals surface area contributed by atoms with Crippen molar-refractivity contribution in [1.29, 1.82) is 0 Å². The van der Waals surface area contributed by atoms with Gasteiger partial charge in [-0.3, -0.25) is 5.84 Å². The lowest BCUT2D eigenvalue weighted by Gasteiger charge is -2.13. The lowest BCUT2D eigenvalue weighted by molar-refractivity contribution is 0.465. The fourth-order valence-electron chi connectivity index (χ4n) is 2.22. The summed E-state index contributed by atoms with van der Waals surface area (Å²) in [6.45, 7) is 0. The van der Waals surface area contributed by atoms with E-state index in [0.29, 0.717) is 16.2 Å². The molecular weight excluding hydrogens is 279 g/mol. The molecule has 0 aliphatic rings. The minimum atomic E-state index is -0.393. The first-order valence-corrected chi connectivity index (χ1v) is 6.46. The van der Waals surface area contributed by atoms with Crippen LogP contribution in [0.15, 0.2) is 52.9 Å². The van der Waals surface area contributed by atoms with Crippen LogP contribution >= 0.6 is 11.6 Å². The highest BCUT2D eigenvalue weighted by Crippen LogP contribution is 2.30. The summed E-state index contributed by atoms with van der Waals surface area (Å²) < 4.78 is 19.3. The van der Waals surface area contributed by atoms with Gasteiger partial charge < -0.3 is 4.42 Å². The molecule has 0 radical (unpaired) electrons. The van der Waals surface area contributed by atoms with Crippen LogP contribution in [0.25, 0.3) is 11.0 Å². The maximum absolute atomic E-state index is 13.7. The number of furan rings is 1. The Labute approximate surface area is 120 Å². The third kappa shape index (κ3) is 2.29. The Bertz CT molecular complexity index is 756. The standard InChI is InChI=1S/C15H12ClFN2O/c16-11-5-1-3-9(7-11)14(19-18)13-8-10-4-2-6-12(17)15(10)20-13/h1-8,14,19H,18H2. The van der Waals surface area contributed by atoms with Gasteiger partial charge in [-0.05, 0) is 29.8 Å². The zero-order valence-corrected chi connectivity index (χ0v) is 11.2. The topological polar surface area (TPSA) is 51.2 Å². The minimum absolute atomic E-state index is 0.227. The zero-order valence-electron chi connectivity index (χ0n) is 10.4. The average molecular weight is 291 g/mol. The number of halogens is 2. The van der Waals surface area contributed by atoms with Crippen molar-refractivity contribution in [2.45, 2.75) is 6.04 Å². The van der Waals surface area contributed by atoms with E-state index < -0.39 is 5.82 Å². The van der Waals surface area contributed by atoms with Gasteiger partial charge in [0.05, 0.1) is 0 Å². The number of fused-ring (bicyclic) bond motifs is 1. The van der Waals surface area contributed by atoms with E-state index >= 15 is 0 Å². The summed E-state index contributed by atoms with van der Waals surface area (Å²) in [4.78, 5) is 0. The van der Waals surface area contributed by atoms with Crippen LogP contribution in [0, 0.1) is 5.82 Å².